The van der Waals surface area contributed by atoms with E-state index in [1.807, 2.05) is 23.1 Å². The highest BCUT2D eigenvalue weighted by Crippen LogP contribution is 2.29. The average Bonchev–Trinajstić information content (AvgIpc) is 3.19. The lowest BCUT2D eigenvalue weighted by Crippen LogP contribution is -2.52. The van der Waals surface area contributed by atoms with Gasteiger partial charge in [-0.05, 0) is 42.3 Å². The van der Waals surface area contributed by atoms with Gasteiger partial charge in [0.15, 0.2) is 0 Å². The van der Waals surface area contributed by atoms with Crippen LogP contribution in [0.5, 0.6) is 0 Å². The predicted octanol–water partition coefficient (Wildman–Crippen LogP) is 3.38. The number of piperazine rings is 1. The van der Waals surface area contributed by atoms with Crippen molar-refractivity contribution in [3.63, 3.8) is 0 Å². The number of amides is 3. The summed E-state index contributed by atoms with van der Waals surface area (Å²) in [6, 6.07) is 12.2. The minimum atomic E-state index is -0.257. The first-order valence-electron chi connectivity index (χ1n) is 11.1. The first-order valence-corrected chi connectivity index (χ1v) is 11.5. The Bertz CT molecular complexity index is 1200. The SMILES string of the molecule is O=C(CNC(=O)N1CCc2c([nH]c3ccc(Cl)cc23)C1)N1CCN(c2ccccc2F)CC1. The summed E-state index contributed by atoms with van der Waals surface area (Å²) in [6.45, 7) is 3.09. The van der Waals surface area contributed by atoms with Crippen LogP contribution in [0.2, 0.25) is 5.02 Å². The van der Waals surface area contributed by atoms with Gasteiger partial charge < -0.3 is 25.0 Å². The fraction of sp³-hybridized carbons (Fsp3) is 0.333. The van der Waals surface area contributed by atoms with Crippen molar-refractivity contribution in [1.82, 2.24) is 20.1 Å². The molecule has 0 spiro atoms. The Morgan fingerprint density at radius 2 is 1.82 bits per heavy atom. The highest BCUT2D eigenvalue weighted by molar-refractivity contribution is 6.31. The highest BCUT2D eigenvalue weighted by atomic mass is 35.5. The second kappa shape index (κ2) is 8.94. The number of para-hydroxylation sites is 1. The lowest BCUT2D eigenvalue weighted by molar-refractivity contribution is -0.130. The predicted molar refractivity (Wildman–Crippen MR) is 126 cm³/mol. The number of carbonyl (C=O) groups excluding carboxylic acids is 2. The summed E-state index contributed by atoms with van der Waals surface area (Å²) < 4.78 is 14.0. The number of H-pyrrole nitrogens is 1. The van der Waals surface area contributed by atoms with E-state index < -0.39 is 0 Å². The Kier molecular flexibility index (Phi) is 5.85. The molecule has 5 rings (SSSR count). The number of nitrogens with one attached hydrogen (secondary N) is 2. The fourth-order valence-corrected chi connectivity index (χ4v) is 4.84. The highest BCUT2D eigenvalue weighted by Gasteiger charge is 2.26. The van der Waals surface area contributed by atoms with Gasteiger partial charge in [0.1, 0.15) is 5.82 Å². The average molecular weight is 470 g/mol. The summed E-state index contributed by atoms with van der Waals surface area (Å²) in [7, 11) is 0. The third kappa shape index (κ3) is 4.35. The molecule has 3 heterocycles. The minimum absolute atomic E-state index is 0.0514. The van der Waals surface area contributed by atoms with E-state index in [0.717, 1.165) is 23.0 Å². The van der Waals surface area contributed by atoms with Crippen molar-refractivity contribution in [2.24, 2.45) is 0 Å². The molecule has 0 bridgehead atoms. The van der Waals surface area contributed by atoms with Crippen LogP contribution in [0.15, 0.2) is 42.5 Å². The first kappa shape index (κ1) is 21.6. The van der Waals surface area contributed by atoms with E-state index in [-0.39, 0.29) is 24.3 Å². The molecule has 2 N–H and O–H groups in total. The van der Waals surface area contributed by atoms with Gasteiger partial charge in [0.2, 0.25) is 5.91 Å². The van der Waals surface area contributed by atoms with Crippen LogP contribution in [0, 0.1) is 5.82 Å². The van der Waals surface area contributed by atoms with Crippen LogP contribution in [-0.2, 0) is 17.8 Å². The summed E-state index contributed by atoms with van der Waals surface area (Å²) in [6.07, 6.45) is 0.731. The van der Waals surface area contributed by atoms with Gasteiger partial charge in [-0.2, -0.15) is 0 Å². The lowest BCUT2D eigenvalue weighted by atomic mass is 10.0. The number of hydrogen-bond donors (Lipinski definition) is 2. The molecule has 2 aromatic carbocycles. The summed E-state index contributed by atoms with van der Waals surface area (Å²) in [5, 5.41) is 4.55. The first-order chi connectivity index (χ1) is 16.0. The van der Waals surface area contributed by atoms with Crippen LogP contribution < -0.4 is 10.2 Å². The van der Waals surface area contributed by atoms with Gasteiger partial charge in [0.05, 0.1) is 18.8 Å². The number of hydrogen-bond acceptors (Lipinski definition) is 3. The van der Waals surface area contributed by atoms with E-state index >= 15 is 0 Å². The summed E-state index contributed by atoms with van der Waals surface area (Å²) in [5.74, 6) is -0.387. The van der Waals surface area contributed by atoms with Crippen molar-refractivity contribution in [3.8, 4) is 0 Å². The topological polar surface area (TPSA) is 71.7 Å². The standard InChI is InChI=1S/C24H25ClFN5O2/c25-16-5-6-20-18(13-16)17-7-8-31(15-21(17)28-20)24(33)27-14-23(32)30-11-9-29(10-12-30)22-4-2-1-3-19(22)26/h1-6,13,28H,7-12,14-15H2,(H,27,33). The number of rotatable bonds is 3. The Balaban J connectivity index is 1.13. The Morgan fingerprint density at radius 3 is 2.61 bits per heavy atom. The molecular formula is C24H25ClFN5O2. The van der Waals surface area contributed by atoms with E-state index in [2.05, 4.69) is 10.3 Å². The van der Waals surface area contributed by atoms with E-state index in [4.69, 9.17) is 11.6 Å². The maximum absolute atomic E-state index is 14.0. The molecule has 2 aliphatic rings. The number of aromatic amines is 1. The largest absolute Gasteiger partial charge is 0.366 e. The van der Waals surface area contributed by atoms with E-state index in [0.29, 0.717) is 50.0 Å². The molecule has 0 radical (unpaired) electrons. The molecular weight excluding hydrogens is 445 g/mol. The second-order valence-corrected chi connectivity index (χ2v) is 8.86. The van der Waals surface area contributed by atoms with Crippen LogP contribution >= 0.6 is 11.6 Å². The number of carbonyl (C=O) groups is 2. The normalized spacial score (nSPS) is 16.1. The molecule has 1 saturated heterocycles. The molecule has 0 atom stereocenters. The Morgan fingerprint density at radius 1 is 1.03 bits per heavy atom. The molecule has 0 aliphatic carbocycles. The van der Waals surface area contributed by atoms with Gasteiger partial charge in [-0.25, -0.2) is 9.18 Å². The van der Waals surface area contributed by atoms with Crippen LogP contribution in [0.25, 0.3) is 10.9 Å². The molecule has 1 aromatic heterocycles. The number of halogens is 2. The van der Waals surface area contributed by atoms with Crippen LogP contribution in [0.1, 0.15) is 11.3 Å². The lowest BCUT2D eigenvalue weighted by Gasteiger charge is -2.36. The number of nitrogens with zero attached hydrogens (tertiary/aromatic N) is 3. The molecule has 9 heteroatoms. The van der Waals surface area contributed by atoms with Crippen LogP contribution in [0.4, 0.5) is 14.9 Å². The molecule has 1 fully saturated rings. The number of urea groups is 1. The third-order valence-corrected chi connectivity index (χ3v) is 6.68. The van der Waals surface area contributed by atoms with Crippen molar-refractivity contribution >= 4 is 40.1 Å². The number of benzene rings is 2. The van der Waals surface area contributed by atoms with Crippen molar-refractivity contribution in [1.29, 1.82) is 0 Å². The van der Waals surface area contributed by atoms with E-state index in [9.17, 15) is 14.0 Å². The molecule has 7 nitrogen and oxygen atoms in total. The van der Waals surface area contributed by atoms with Crippen LogP contribution in [-0.4, -0.2) is 66.0 Å². The summed E-state index contributed by atoms with van der Waals surface area (Å²) in [4.78, 5) is 34.1. The summed E-state index contributed by atoms with van der Waals surface area (Å²) in [5.41, 5.74) is 3.77. The monoisotopic (exact) mass is 469 g/mol. The Labute approximate surface area is 196 Å². The molecule has 0 unspecified atom stereocenters. The van der Waals surface area contributed by atoms with Gasteiger partial charge >= 0.3 is 6.03 Å². The fourth-order valence-electron chi connectivity index (χ4n) is 4.67. The minimum Gasteiger partial charge on any atom is -0.366 e. The second-order valence-electron chi connectivity index (χ2n) is 8.42. The molecule has 2 aliphatic heterocycles. The quantitative estimate of drug-likeness (QED) is 0.617. The molecule has 3 aromatic rings. The molecule has 172 valence electrons. The summed E-state index contributed by atoms with van der Waals surface area (Å²) >= 11 is 6.13. The van der Waals surface area contributed by atoms with Crippen molar-refractivity contribution in [2.45, 2.75) is 13.0 Å². The molecule has 0 saturated carbocycles. The maximum Gasteiger partial charge on any atom is 0.318 e. The van der Waals surface area contributed by atoms with Gasteiger partial charge in [0.25, 0.3) is 0 Å². The molecule has 33 heavy (non-hydrogen) atoms. The number of aromatic nitrogens is 1. The zero-order valence-electron chi connectivity index (χ0n) is 18.1. The van der Waals surface area contributed by atoms with Crippen LogP contribution in [0.3, 0.4) is 0 Å². The van der Waals surface area contributed by atoms with Gasteiger partial charge in [-0.3, -0.25) is 4.79 Å². The Hall–Kier alpha value is -3.26. The van der Waals surface area contributed by atoms with E-state index in [1.165, 1.54) is 11.6 Å². The number of fused-ring (bicyclic) bond motifs is 3. The zero-order valence-corrected chi connectivity index (χ0v) is 18.9. The van der Waals surface area contributed by atoms with E-state index in [1.54, 1.807) is 28.0 Å². The van der Waals surface area contributed by atoms with Gasteiger partial charge in [-0.15, -0.1) is 0 Å². The van der Waals surface area contributed by atoms with Gasteiger partial charge in [-0.1, -0.05) is 23.7 Å². The smallest absolute Gasteiger partial charge is 0.318 e. The van der Waals surface area contributed by atoms with Crippen molar-refractivity contribution < 1.29 is 14.0 Å². The number of anilines is 1. The zero-order chi connectivity index (χ0) is 22.9. The van der Waals surface area contributed by atoms with Crippen molar-refractivity contribution in [3.05, 3.63) is 64.6 Å². The van der Waals surface area contributed by atoms with Crippen molar-refractivity contribution in [2.75, 3.05) is 44.2 Å². The van der Waals surface area contributed by atoms with Gasteiger partial charge in [0, 0.05) is 54.3 Å². The maximum atomic E-state index is 14.0. The third-order valence-electron chi connectivity index (χ3n) is 6.44. The molecule has 3 amide bonds.